The molecule has 21 heavy (non-hydrogen) atoms. The number of halogens is 1. The molecule has 5 heteroatoms. The second-order valence-corrected chi connectivity index (χ2v) is 5.16. The second kappa shape index (κ2) is 6.96. The minimum absolute atomic E-state index is 0. The molecule has 0 bridgehead atoms. The van der Waals surface area contributed by atoms with E-state index in [-0.39, 0.29) is 23.9 Å². The highest BCUT2D eigenvalue weighted by Gasteiger charge is 2.15. The number of hydrogen-bond donors (Lipinski definition) is 1. The highest BCUT2D eigenvalue weighted by Crippen LogP contribution is 2.22. The van der Waals surface area contributed by atoms with Crippen molar-refractivity contribution >= 4 is 23.4 Å². The summed E-state index contributed by atoms with van der Waals surface area (Å²) in [6.45, 7) is 3.96. The lowest BCUT2D eigenvalue weighted by molar-refractivity contribution is 0.162. The van der Waals surface area contributed by atoms with Crippen LogP contribution >= 0.6 is 12.4 Å². The van der Waals surface area contributed by atoms with Crippen molar-refractivity contribution < 1.29 is 9.15 Å². The van der Waals surface area contributed by atoms with Crippen molar-refractivity contribution in [1.82, 2.24) is 5.32 Å². The van der Waals surface area contributed by atoms with Gasteiger partial charge in [0.05, 0.1) is 5.39 Å². The lowest BCUT2D eigenvalue weighted by atomic mass is 10.1. The van der Waals surface area contributed by atoms with E-state index < -0.39 is 0 Å². The molecule has 2 heterocycles. The largest absolute Gasteiger partial charge is 0.490 e. The molecule has 0 radical (unpaired) electrons. The fraction of sp³-hybridized carbons (Fsp3) is 0.438. The van der Waals surface area contributed by atoms with E-state index in [2.05, 4.69) is 5.32 Å². The molecule has 0 amide bonds. The van der Waals surface area contributed by atoms with Crippen LogP contribution in [0, 0.1) is 0 Å². The summed E-state index contributed by atoms with van der Waals surface area (Å²) >= 11 is 0. The van der Waals surface area contributed by atoms with E-state index in [0.717, 1.165) is 31.7 Å². The summed E-state index contributed by atoms with van der Waals surface area (Å²) in [5.74, 6) is 1.49. The van der Waals surface area contributed by atoms with E-state index in [1.54, 1.807) is 12.1 Å². The van der Waals surface area contributed by atoms with Crippen LogP contribution in [0.15, 0.2) is 33.5 Å². The number of fused-ring (bicyclic) bond motifs is 1. The number of benzene rings is 1. The van der Waals surface area contributed by atoms with Crippen LogP contribution in [0.1, 0.15) is 25.5 Å². The maximum Gasteiger partial charge on any atom is 0.192 e. The van der Waals surface area contributed by atoms with Crippen molar-refractivity contribution in [1.29, 1.82) is 0 Å². The summed E-state index contributed by atoms with van der Waals surface area (Å²) in [5.41, 5.74) is 0.623. The molecule has 0 aliphatic carbocycles. The Morgan fingerprint density at radius 3 is 2.76 bits per heavy atom. The summed E-state index contributed by atoms with van der Waals surface area (Å²) < 4.78 is 11.7. The van der Waals surface area contributed by atoms with Gasteiger partial charge in [0, 0.05) is 18.6 Å². The Morgan fingerprint density at radius 2 is 2.05 bits per heavy atom. The molecular formula is C16H20ClNO3. The highest BCUT2D eigenvalue weighted by molar-refractivity contribution is 5.85. The zero-order valence-electron chi connectivity index (χ0n) is 12.1. The number of nitrogens with one attached hydrogen (secondary N) is 1. The first-order chi connectivity index (χ1) is 9.76. The van der Waals surface area contributed by atoms with Crippen molar-refractivity contribution in [2.75, 3.05) is 13.1 Å². The van der Waals surface area contributed by atoms with Gasteiger partial charge in [0.1, 0.15) is 23.2 Å². The summed E-state index contributed by atoms with van der Waals surface area (Å²) in [4.78, 5) is 12.0. The molecule has 0 unspecified atom stereocenters. The van der Waals surface area contributed by atoms with Crippen LogP contribution in [0.5, 0.6) is 5.75 Å². The van der Waals surface area contributed by atoms with Crippen molar-refractivity contribution in [3.63, 3.8) is 0 Å². The van der Waals surface area contributed by atoms with Gasteiger partial charge in [-0.15, -0.1) is 12.4 Å². The van der Waals surface area contributed by atoms with E-state index in [9.17, 15) is 4.79 Å². The van der Waals surface area contributed by atoms with Gasteiger partial charge >= 0.3 is 0 Å². The molecule has 4 nitrogen and oxygen atoms in total. The van der Waals surface area contributed by atoms with Gasteiger partial charge in [0.2, 0.25) is 0 Å². The molecule has 1 N–H and O–H groups in total. The fourth-order valence-corrected chi connectivity index (χ4v) is 2.54. The molecule has 0 spiro atoms. The van der Waals surface area contributed by atoms with E-state index >= 15 is 0 Å². The van der Waals surface area contributed by atoms with E-state index in [0.29, 0.717) is 23.2 Å². The standard InChI is InChI=1S/C16H19NO3.ClH/c1-2-11-9-15(18)14-4-3-13(10-16(14)20-11)19-12-5-7-17-8-6-12;/h3-4,9-10,12,17H,2,5-8H2,1H3;1H. The van der Waals surface area contributed by atoms with E-state index in [1.165, 1.54) is 0 Å². The van der Waals surface area contributed by atoms with E-state index in [4.69, 9.17) is 9.15 Å². The molecule has 2 aromatic rings. The molecule has 1 aliphatic rings. The van der Waals surface area contributed by atoms with Crippen molar-refractivity contribution in [3.8, 4) is 5.75 Å². The predicted molar refractivity (Wildman–Crippen MR) is 85.6 cm³/mol. The SMILES string of the molecule is CCc1cc(=O)c2ccc(OC3CCNCC3)cc2o1.Cl. The zero-order chi connectivity index (χ0) is 13.9. The maximum absolute atomic E-state index is 12.0. The number of piperidine rings is 1. The minimum atomic E-state index is 0. The van der Waals surface area contributed by atoms with Gasteiger partial charge in [-0.3, -0.25) is 4.79 Å². The van der Waals surface area contributed by atoms with Crippen LogP contribution in [-0.4, -0.2) is 19.2 Å². The monoisotopic (exact) mass is 309 g/mol. The van der Waals surface area contributed by atoms with Gasteiger partial charge in [-0.05, 0) is 38.1 Å². The van der Waals surface area contributed by atoms with Crippen LogP contribution in [0.4, 0.5) is 0 Å². The zero-order valence-corrected chi connectivity index (χ0v) is 12.9. The molecule has 3 rings (SSSR count). The summed E-state index contributed by atoms with van der Waals surface area (Å²) in [5, 5.41) is 3.92. The van der Waals surface area contributed by atoms with Crippen LogP contribution in [0.2, 0.25) is 0 Å². The molecule has 0 atom stereocenters. The normalized spacial score (nSPS) is 15.7. The van der Waals surface area contributed by atoms with Gasteiger partial charge in [-0.25, -0.2) is 0 Å². The first-order valence-electron chi connectivity index (χ1n) is 7.20. The smallest absolute Gasteiger partial charge is 0.192 e. The third kappa shape index (κ3) is 3.57. The van der Waals surface area contributed by atoms with Crippen LogP contribution in [0.25, 0.3) is 11.0 Å². The van der Waals surface area contributed by atoms with Crippen molar-refractivity contribution in [3.05, 3.63) is 40.2 Å². The van der Waals surface area contributed by atoms with Gasteiger partial charge < -0.3 is 14.5 Å². The molecule has 1 aromatic carbocycles. The molecule has 1 aliphatic heterocycles. The Bertz CT molecular complexity index is 662. The maximum atomic E-state index is 12.0. The molecule has 1 fully saturated rings. The molecule has 1 aromatic heterocycles. The Labute approximate surface area is 129 Å². The number of ether oxygens (including phenoxy) is 1. The summed E-state index contributed by atoms with van der Waals surface area (Å²) in [6, 6.07) is 7.04. The van der Waals surface area contributed by atoms with Gasteiger partial charge in [-0.1, -0.05) is 6.92 Å². The quantitative estimate of drug-likeness (QED) is 0.947. The minimum Gasteiger partial charge on any atom is -0.490 e. The number of aryl methyl sites for hydroxylation is 1. The predicted octanol–water partition coefficient (Wildman–Crippen LogP) is 2.91. The average molecular weight is 310 g/mol. The molecule has 114 valence electrons. The summed E-state index contributed by atoms with van der Waals surface area (Å²) in [6.07, 6.45) is 2.98. The van der Waals surface area contributed by atoms with Gasteiger partial charge in [0.25, 0.3) is 0 Å². The summed E-state index contributed by atoms with van der Waals surface area (Å²) in [7, 11) is 0. The van der Waals surface area contributed by atoms with Crippen LogP contribution in [0.3, 0.4) is 0 Å². The average Bonchev–Trinajstić information content (AvgIpc) is 2.48. The Balaban J connectivity index is 0.00000161. The third-order valence-corrected chi connectivity index (χ3v) is 3.69. The third-order valence-electron chi connectivity index (χ3n) is 3.69. The molecular weight excluding hydrogens is 290 g/mol. The van der Waals surface area contributed by atoms with Gasteiger partial charge in [0.15, 0.2) is 5.43 Å². The number of hydrogen-bond acceptors (Lipinski definition) is 4. The molecule has 1 saturated heterocycles. The van der Waals surface area contributed by atoms with E-state index in [1.807, 2.05) is 19.1 Å². The van der Waals surface area contributed by atoms with Gasteiger partial charge in [-0.2, -0.15) is 0 Å². The van der Waals surface area contributed by atoms with Crippen molar-refractivity contribution in [2.45, 2.75) is 32.3 Å². The Morgan fingerprint density at radius 1 is 1.29 bits per heavy atom. The first kappa shape index (κ1) is 15.9. The molecule has 0 saturated carbocycles. The first-order valence-corrected chi connectivity index (χ1v) is 7.20. The second-order valence-electron chi connectivity index (χ2n) is 5.16. The fourth-order valence-electron chi connectivity index (χ4n) is 2.54. The lowest BCUT2D eigenvalue weighted by Crippen LogP contribution is -2.34. The highest BCUT2D eigenvalue weighted by atomic mass is 35.5. The van der Waals surface area contributed by atoms with Crippen molar-refractivity contribution in [2.24, 2.45) is 0 Å². The Hall–Kier alpha value is -1.52. The van der Waals surface area contributed by atoms with Crippen LogP contribution in [-0.2, 0) is 6.42 Å². The topological polar surface area (TPSA) is 51.5 Å². The lowest BCUT2D eigenvalue weighted by Gasteiger charge is -2.23. The Kier molecular flexibility index (Phi) is 5.26. The van der Waals surface area contributed by atoms with Crippen LogP contribution < -0.4 is 15.5 Å². The number of rotatable bonds is 3.